The van der Waals surface area contributed by atoms with Crippen molar-refractivity contribution in [3.8, 4) is 0 Å². The Morgan fingerprint density at radius 2 is 1.90 bits per heavy atom. The van der Waals surface area contributed by atoms with E-state index in [-0.39, 0.29) is 4.91 Å². The summed E-state index contributed by atoms with van der Waals surface area (Å²) < 4.78 is 21.4. The van der Waals surface area contributed by atoms with Crippen molar-refractivity contribution in [2.75, 3.05) is 0 Å². The molecule has 0 aliphatic carbocycles. The van der Waals surface area contributed by atoms with E-state index >= 15 is 0 Å². The first kappa shape index (κ1) is 9.39. The minimum atomic E-state index is -3.25. The van der Waals surface area contributed by atoms with E-state index in [1.807, 2.05) is 0 Å². The highest BCUT2D eigenvalue weighted by atomic mass is 32.2. The standard InChI is InChI=1S/C6H11NO2S/c1-3-5-6(4-2)10(7,8)9/h3-5H,1-2H3,(H2,7,8,9)/p+1. The van der Waals surface area contributed by atoms with Gasteiger partial charge in [-0.1, -0.05) is 12.2 Å². The van der Waals surface area contributed by atoms with Crippen LogP contribution >= 0.6 is 0 Å². The Kier molecular flexibility index (Phi) is 3.32. The Morgan fingerprint density at radius 1 is 1.40 bits per heavy atom. The summed E-state index contributed by atoms with van der Waals surface area (Å²) >= 11 is 0. The van der Waals surface area contributed by atoms with Crippen molar-refractivity contribution >= 4 is 10.0 Å². The van der Waals surface area contributed by atoms with Crippen LogP contribution < -0.4 is 5.14 Å². The molecule has 10 heavy (non-hydrogen) atoms. The molecule has 0 atom stereocenters. The topological polar surface area (TPSA) is 61.8 Å². The second kappa shape index (κ2) is 3.53. The Labute approximate surface area is 61.3 Å². The summed E-state index contributed by atoms with van der Waals surface area (Å²) in [5.74, 6) is 0. The maximum Gasteiger partial charge on any atom is 0.322 e. The summed E-state index contributed by atoms with van der Waals surface area (Å²) in [6, 6.07) is 0. The molecule has 0 heterocycles. The summed E-state index contributed by atoms with van der Waals surface area (Å²) in [5.41, 5.74) is 0. The van der Waals surface area contributed by atoms with E-state index in [9.17, 15) is 8.42 Å². The van der Waals surface area contributed by atoms with Gasteiger partial charge in [-0.2, -0.15) is 8.42 Å². The molecule has 0 unspecified atom stereocenters. The zero-order valence-electron chi connectivity index (χ0n) is 6.16. The Balaban J connectivity index is 4.75. The third-order valence-electron chi connectivity index (χ3n) is 0.975. The predicted molar refractivity (Wildman–Crippen MR) is 40.4 cm³/mol. The minimum Gasteiger partial charge on any atom is -0.248 e. The molecule has 0 fully saturated rings. The lowest BCUT2D eigenvalue weighted by Gasteiger charge is -1.90. The molecule has 0 aliphatic rings. The molecule has 4 heteroatoms. The van der Waals surface area contributed by atoms with Gasteiger partial charge in [-0.3, -0.25) is 0 Å². The van der Waals surface area contributed by atoms with Gasteiger partial charge in [0.25, 0.3) is 0 Å². The number of hydrogen-bond acceptors (Lipinski definition) is 2. The maximum atomic E-state index is 10.7. The van der Waals surface area contributed by atoms with E-state index in [2.05, 4.69) is 5.14 Å². The van der Waals surface area contributed by atoms with Crippen LogP contribution in [0.5, 0.6) is 0 Å². The first-order valence-corrected chi connectivity index (χ1v) is 4.54. The Hall–Kier alpha value is -0.610. The van der Waals surface area contributed by atoms with E-state index in [0.717, 1.165) is 0 Å². The number of rotatable bonds is 2. The van der Waals surface area contributed by atoms with Crippen molar-refractivity contribution in [3.63, 3.8) is 0 Å². The Bertz CT molecular complexity index is 249. The highest BCUT2D eigenvalue weighted by Gasteiger charge is 2.09. The van der Waals surface area contributed by atoms with Gasteiger partial charge in [0.1, 0.15) is 4.91 Å². The van der Waals surface area contributed by atoms with E-state index < -0.39 is 10.0 Å². The molecule has 0 amide bonds. The van der Waals surface area contributed by atoms with Crippen molar-refractivity contribution in [2.45, 2.75) is 13.8 Å². The fourth-order valence-electron chi connectivity index (χ4n) is 0.544. The van der Waals surface area contributed by atoms with Gasteiger partial charge in [0.15, 0.2) is 0 Å². The quantitative estimate of drug-likeness (QED) is 0.583. The van der Waals surface area contributed by atoms with Gasteiger partial charge in [-0.05, 0) is 19.9 Å². The molecular formula is C6H12NO2S+. The monoisotopic (exact) mass is 162 g/mol. The summed E-state index contributed by atoms with van der Waals surface area (Å²) in [6.07, 6.45) is 4.70. The van der Waals surface area contributed by atoms with Crippen LogP contribution in [0.25, 0.3) is 0 Å². The molecule has 0 aromatic rings. The predicted octanol–water partition coefficient (Wildman–Crippen LogP) is 0.0380. The molecule has 0 saturated heterocycles. The van der Waals surface area contributed by atoms with Gasteiger partial charge in [-0.25, -0.2) is 5.14 Å². The molecule has 0 saturated carbocycles. The van der Waals surface area contributed by atoms with Crippen molar-refractivity contribution < 1.29 is 13.6 Å². The van der Waals surface area contributed by atoms with Crippen molar-refractivity contribution in [1.82, 2.24) is 0 Å². The van der Waals surface area contributed by atoms with Crippen molar-refractivity contribution in [1.29, 1.82) is 0 Å². The molecule has 3 N–H and O–H groups in total. The minimum absolute atomic E-state index is 0.259. The van der Waals surface area contributed by atoms with Crippen LogP contribution in [0.4, 0.5) is 0 Å². The van der Waals surface area contributed by atoms with E-state index in [1.54, 1.807) is 19.9 Å². The summed E-state index contributed by atoms with van der Waals surface area (Å²) in [5, 5.41) is 3.01. The smallest absolute Gasteiger partial charge is 0.248 e. The molecule has 3 nitrogen and oxygen atoms in total. The number of hydrogen-bond donors (Lipinski definition) is 1. The third-order valence-corrected chi connectivity index (χ3v) is 2.06. The number of allylic oxidation sites excluding steroid dienone is 3. The molecule has 0 rings (SSSR count). The molecule has 58 valence electrons. The average Bonchev–Trinajstić information content (AvgIpc) is 1.80. The molecule has 0 aromatic carbocycles. The van der Waals surface area contributed by atoms with E-state index in [4.69, 9.17) is 0 Å². The van der Waals surface area contributed by atoms with Crippen LogP contribution in [0.3, 0.4) is 0 Å². The highest BCUT2D eigenvalue weighted by molar-refractivity contribution is 7.88. The van der Waals surface area contributed by atoms with Crippen LogP contribution in [0.1, 0.15) is 13.8 Å². The molecule has 0 aliphatic heterocycles. The number of quaternary nitrogens is 1. The normalized spacial score (nSPS) is 14.5. The molecule has 0 spiro atoms. The third kappa shape index (κ3) is 2.80. The molecule has 0 radical (unpaired) electrons. The van der Waals surface area contributed by atoms with Crippen LogP contribution in [0, 0.1) is 0 Å². The van der Waals surface area contributed by atoms with Gasteiger partial charge in [-0.15, -0.1) is 0 Å². The van der Waals surface area contributed by atoms with Crippen LogP contribution in [-0.2, 0) is 10.0 Å². The van der Waals surface area contributed by atoms with Gasteiger partial charge < -0.3 is 0 Å². The second-order valence-electron chi connectivity index (χ2n) is 1.81. The van der Waals surface area contributed by atoms with Gasteiger partial charge >= 0.3 is 10.0 Å². The fourth-order valence-corrected chi connectivity index (χ4v) is 1.25. The summed E-state index contributed by atoms with van der Waals surface area (Å²) in [6.45, 7) is 3.42. The van der Waals surface area contributed by atoms with Crippen LogP contribution in [0.15, 0.2) is 23.1 Å². The zero-order valence-corrected chi connectivity index (χ0v) is 6.98. The van der Waals surface area contributed by atoms with Gasteiger partial charge in [0.2, 0.25) is 0 Å². The zero-order chi connectivity index (χ0) is 8.20. The number of sulfonamides is 1. The fraction of sp³-hybridized carbons (Fsp3) is 0.333. The lowest BCUT2D eigenvalue weighted by molar-refractivity contribution is -0.162. The first-order valence-electron chi connectivity index (χ1n) is 2.89. The second-order valence-corrected chi connectivity index (χ2v) is 3.51. The molecule has 0 aromatic heterocycles. The molecular weight excluding hydrogens is 150 g/mol. The summed E-state index contributed by atoms with van der Waals surface area (Å²) in [7, 11) is -3.25. The first-order chi connectivity index (χ1) is 4.52. The summed E-state index contributed by atoms with van der Waals surface area (Å²) in [4.78, 5) is 0.259. The SMILES string of the molecule is CC=CC(=CC)S([NH3+])(=O)=O. The maximum absolute atomic E-state index is 10.7. The average molecular weight is 162 g/mol. The lowest BCUT2D eigenvalue weighted by Crippen LogP contribution is -2.56. The van der Waals surface area contributed by atoms with Crippen LogP contribution in [-0.4, -0.2) is 8.42 Å². The molecule has 0 bridgehead atoms. The van der Waals surface area contributed by atoms with Crippen molar-refractivity contribution in [2.24, 2.45) is 0 Å². The Morgan fingerprint density at radius 3 is 2.00 bits per heavy atom. The highest BCUT2D eigenvalue weighted by Crippen LogP contribution is 2.00. The van der Waals surface area contributed by atoms with Crippen molar-refractivity contribution in [3.05, 3.63) is 23.1 Å². The largest absolute Gasteiger partial charge is 0.322 e. The van der Waals surface area contributed by atoms with Gasteiger partial charge in [0.05, 0.1) is 0 Å². The van der Waals surface area contributed by atoms with E-state index in [0.29, 0.717) is 0 Å². The van der Waals surface area contributed by atoms with Crippen LogP contribution in [0.2, 0.25) is 0 Å². The van der Waals surface area contributed by atoms with E-state index in [1.165, 1.54) is 12.2 Å². The van der Waals surface area contributed by atoms with Gasteiger partial charge in [0, 0.05) is 0 Å². The lowest BCUT2D eigenvalue weighted by atomic mass is 10.4.